The average Bonchev–Trinajstić information content (AvgIpc) is 2.16. The first-order valence-electron chi connectivity index (χ1n) is 4.12. The second kappa shape index (κ2) is 4.77. The Hall–Kier alpha value is -1.16. The monoisotopic (exact) mass is 184 g/mol. The van der Waals surface area contributed by atoms with E-state index in [9.17, 15) is 4.39 Å². The molecule has 3 nitrogen and oxygen atoms in total. The van der Waals surface area contributed by atoms with Crippen LogP contribution in [0.4, 0.5) is 4.39 Å². The maximum Gasteiger partial charge on any atom is 0.216 e. The van der Waals surface area contributed by atoms with Gasteiger partial charge in [0.15, 0.2) is 0 Å². The van der Waals surface area contributed by atoms with Crippen molar-refractivity contribution in [1.29, 1.82) is 0 Å². The van der Waals surface area contributed by atoms with Gasteiger partial charge in [0.05, 0.1) is 0 Å². The van der Waals surface area contributed by atoms with Crippen LogP contribution in [0, 0.1) is 6.92 Å². The molecule has 4 heteroatoms. The summed E-state index contributed by atoms with van der Waals surface area (Å²) < 4.78 is 16.8. The van der Waals surface area contributed by atoms with Gasteiger partial charge in [-0.3, -0.25) is 0 Å². The highest BCUT2D eigenvalue weighted by molar-refractivity contribution is 5.28. The molecular formula is C9H13FN2O. The predicted molar refractivity (Wildman–Crippen MR) is 48.3 cm³/mol. The second-order valence-corrected chi connectivity index (χ2v) is 2.71. The molecule has 1 aromatic rings. The number of nitrogens with zero attached hydrogens (tertiary/aromatic N) is 1. The molecule has 0 aliphatic heterocycles. The summed E-state index contributed by atoms with van der Waals surface area (Å²) in [6.45, 7) is 1.87. The van der Waals surface area contributed by atoms with E-state index in [0.717, 1.165) is 11.1 Å². The zero-order chi connectivity index (χ0) is 9.68. The zero-order valence-corrected chi connectivity index (χ0v) is 7.59. The van der Waals surface area contributed by atoms with E-state index in [1.807, 2.05) is 13.0 Å². The number of hydrogen-bond donors (Lipinski definition) is 1. The van der Waals surface area contributed by atoms with Gasteiger partial charge in [0.1, 0.15) is 13.3 Å². The van der Waals surface area contributed by atoms with E-state index >= 15 is 0 Å². The fraction of sp³-hybridized carbons (Fsp3) is 0.444. The number of halogens is 1. The highest BCUT2D eigenvalue weighted by Crippen LogP contribution is 2.14. The van der Waals surface area contributed by atoms with Crippen molar-refractivity contribution in [2.45, 2.75) is 13.5 Å². The number of ether oxygens (including phenoxy) is 1. The lowest BCUT2D eigenvalue weighted by molar-refractivity contribution is 0.263. The van der Waals surface area contributed by atoms with Gasteiger partial charge in [-0.15, -0.1) is 0 Å². The van der Waals surface area contributed by atoms with E-state index in [1.165, 1.54) is 0 Å². The van der Waals surface area contributed by atoms with Gasteiger partial charge in [-0.2, -0.15) is 0 Å². The molecule has 1 aromatic heterocycles. The van der Waals surface area contributed by atoms with E-state index in [4.69, 9.17) is 10.5 Å². The Morgan fingerprint density at radius 3 is 2.92 bits per heavy atom. The largest absolute Gasteiger partial charge is 0.475 e. The van der Waals surface area contributed by atoms with Crippen LogP contribution in [0.15, 0.2) is 12.3 Å². The molecule has 0 fully saturated rings. The molecule has 2 N–H and O–H groups in total. The minimum atomic E-state index is -0.500. The summed E-state index contributed by atoms with van der Waals surface area (Å²) in [5.74, 6) is 0.481. The quantitative estimate of drug-likeness (QED) is 0.764. The molecule has 0 aliphatic carbocycles. The van der Waals surface area contributed by atoms with Gasteiger partial charge < -0.3 is 10.5 Å². The molecule has 0 aromatic carbocycles. The number of aromatic nitrogens is 1. The van der Waals surface area contributed by atoms with Gasteiger partial charge in [-0.25, -0.2) is 9.37 Å². The second-order valence-electron chi connectivity index (χ2n) is 2.71. The normalized spacial score (nSPS) is 10.1. The molecule has 1 heterocycles. The van der Waals surface area contributed by atoms with Gasteiger partial charge in [0.25, 0.3) is 0 Å². The van der Waals surface area contributed by atoms with Crippen LogP contribution < -0.4 is 10.5 Å². The minimum absolute atomic E-state index is 0.0514. The lowest BCUT2D eigenvalue weighted by Crippen LogP contribution is -2.04. The summed E-state index contributed by atoms with van der Waals surface area (Å²) in [4.78, 5) is 4.02. The van der Waals surface area contributed by atoms with Crippen molar-refractivity contribution < 1.29 is 9.13 Å². The first-order chi connectivity index (χ1) is 6.27. The van der Waals surface area contributed by atoms with Gasteiger partial charge in [-0.05, 0) is 18.6 Å². The molecule has 0 unspecified atom stereocenters. The third-order valence-electron chi connectivity index (χ3n) is 1.64. The summed E-state index contributed by atoms with van der Waals surface area (Å²) in [6, 6.07) is 1.89. The van der Waals surface area contributed by atoms with Gasteiger partial charge in [0, 0.05) is 18.3 Å². The maximum absolute atomic E-state index is 11.8. The fourth-order valence-corrected chi connectivity index (χ4v) is 1.02. The third kappa shape index (κ3) is 2.66. The lowest BCUT2D eigenvalue weighted by Gasteiger charge is -2.06. The third-order valence-corrected chi connectivity index (χ3v) is 1.64. The van der Waals surface area contributed by atoms with E-state index < -0.39 is 6.67 Å². The Kier molecular flexibility index (Phi) is 3.64. The Morgan fingerprint density at radius 1 is 1.62 bits per heavy atom. The predicted octanol–water partition coefficient (Wildman–Crippen LogP) is 1.20. The van der Waals surface area contributed by atoms with Gasteiger partial charge >= 0.3 is 0 Å². The molecule has 0 amide bonds. The number of rotatable bonds is 4. The summed E-state index contributed by atoms with van der Waals surface area (Å²) in [5, 5.41) is 0. The van der Waals surface area contributed by atoms with E-state index in [0.29, 0.717) is 12.4 Å². The SMILES string of the molecule is Cc1cc(CN)cnc1OCCF. The molecule has 72 valence electrons. The van der Waals surface area contributed by atoms with Crippen LogP contribution in [0.2, 0.25) is 0 Å². The Bertz CT molecular complexity index is 278. The molecular weight excluding hydrogens is 171 g/mol. The van der Waals surface area contributed by atoms with Crippen LogP contribution in [0.5, 0.6) is 5.88 Å². The number of aryl methyl sites for hydroxylation is 1. The molecule has 0 bridgehead atoms. The molecule has 13 heavy (non-hydrogen) atoms. The highest BCUT2D eigenvalue weighted by atomic mass is 19.1. The molecule has 0 radical (unpaired) electrons. The highest BCUT2D eigenvalue weighted by Gasteiger charge is 2.01. The summed E-state index contributed by atoms with van der Waals surface area (Å²) in [6.07, 6.45) is 1.64. The van der Waals surface area contributed by atoms with Crippen molar-refractivity contribution in [3.8, 4) is 5.88 Å². The van der Waals surface area contributed by atoms with Crippen molar-refractivity contribution in [1.82, 2.24) is 4.98 Å². The van der Waals surface area contributed by atoms with Crippen molar-refractivity contribution >= 4 is 0 Å². The van der Waals surface area contributed by atoms with Crippen LogP contribution in [-0.2, 0) is 6.54 Å². The average molecular weight is 184 g/mol. The molecule has 0 atom stereocenters. The number of hydrogen-bond acceptors (Lipinski definition) is 3. The molecule has 0 saturated heterocycles. The Morgan fingerprint density at radius 2 is 2.38 bits per heavy atom. The summed E-state index contributed by atoms with van der Waals surface area (Å²) >= 11 is 0. The van der Waals surface area contributed by atoms with E-state index in [1.54, 1.807) is 6.20 Å². The van der Waals surface area contributed by atoms with E-state index in [-0.39, 0.29) is 6.61 Å². The van der Waals surface area contributed by atoms with E-state index in [2.05, 4.69) is 4.98 Å². The number of nitrogens with two attached hydrogens (primary N) is 1. The van der Waals surface area contributed by atoms with Crippen molar-refractivity contribution in [3.05, 3.63) is 23.4 Å². The first-order valence-corrected chi connectivity index (χ1v) is 4.12. The Balaban J connectivity index is 2.73. The summed E-state index contributed by atoms with van der Waals surface area (Å²) in [5.41, 5.74) is 7.26. The van der Waals surface area contributed by atoms with Crippen molar-refractivity contribution in [3.63, 3.8) is 0 Å². The topological polar surface area (TPSA) is 48.1 Å². The maximum atomic E-state index is 11.8. The van der Waals surface area contributed by atoms with Gasteiger partial charge in [-0.1, -0.05) is 0 Å². The molecule has 0 saturated carbocycles. The van der Waals surface area contributed by atoms with Crippen LogP contribution in [0.3, 0.4) is 0 Å². The minimum Gasteiger partial charge on any atom is -0.475 e. The molecule has 0 aliphatic rings. The fourth-order valence-electron chi connectivity index (χ4n) is 1.02. The van der Waals surface area contributed by atoms with Crippen molar-refractivity contribution in [2.24, 2.45) is 5.73 Å². The van der Waals surface area contributed by atoms with Crippen molar-refractivity contribution in [2.75, 3.05) is 13.3 Å². The summed E-state index contributed by atoms with van der Waals surface area (Å²) in [7, 11) is 0. The number of alkyl halides is 1. The first kappa shape index (κ1) is 9.92. The standard InChI is InChI=1S/C9H13FN2O/c1-7-4-8(5-11)6-12-9(7)13-3-2-10/h4,6H,2-3,5,11H2,1H3. The van der Waals surface area contributed by atoms with Crippen LogP contribution in [0.25, 0.3) is 0 Å². The van der Waals surface area contributed by atoms with Crippen LogP contribution >= 0.6 is 0 Å². The van der Waals surface area contributed by atoms with Crippen LogP contribution in [0.1, 0.15) is 11.1 Å². The van der Waals surface area contributed by atoms with Gasteiger partial charge in [0.2, 0.25) is 5.88 Å². The smallest absolute Gasteiger partial charge is 0.216 e. The lowest BCUT2D eigenvalue weighted by atomic mass is 10.2. The Labute approximate surface area is 76.7 Å². The van der Waals surface area contributed by atoms with Crippen LogP contribution in [-0.4, -0.2) is 18.3 Å². The molecule has 0 spiro atoms. The zero-order valence-electron chi connectivity index (χ0n) is 7.59. The number of pyridine rings is 1. The molecule has 1 rings (SSSR count).